The zero-order valence-electron chi connectivity index (χ0n) is 7.87. The molecule has 0 unspecified atom stereocenters. The molecule has 0 aliphatic carbocycles. The lowest BCUT2D eigenvalue weighted by Gasteiger charge is -2.03. The smallest absolute Gasteiger partial charge is 0.0468 e. The van der Waals surface area contributed by atoms with Crippen LogP contribution in [0.15, 0.2) is 42.5 Å². The molecule has 0 spiro atoms. The Bertz CT molecular complexity index is 251. The van der Waals surface area contributed by atoms with E-state index in [1.54, 1.807) is 0 Å². The number of aliphatic hydroxyl groups excluding tert-OH is 1. The molecule has 13 heavy (non-hydrogen) atoms. The third-order valence-electron chi connectivity index (χ3n) is 2.08. The summed E-state index contributed by atoms with van der Waals surface area (Å²) in [5, 5.41) is 8.67. The lowest BCUT2D eigenvalue weighted by molar-refractivity contribution is 0.298. The van der Waals surface area contributed by atoms with Gasteiger partial charge in [0.05, 0.1) is 0 Å². The number of hydrogen-bond donors (Lipinski definition) is 1. The minimum absolute atomic E-state index is 0.216. The van der Waals surface area contributed by atoms with E-state index in [1.165, 1.54) is 5.56 Å². The number of aryl methyl sites for hydroxylation is 1. The molecule has 0 heterocycles. The average molecular weight is 176 g/mol. The van der Waals surface area contributed by atoms with Crippen molar-refractivity contribution < 1.29 is 5.11 Å². The van der Waals surface area contributed by atoms with Gasteiger partial charge in [0.1, 0.15) is 0 Å². The predicted octanol–water partition coefficient (Wildman–Crippen LogP) is 2.56. The van der Waals surface area contributed by atoms with E-state index in [0.29, 0.717) is 0 Å². The van der Waals surface area contributed by atoms with Crippen molar-refractivity contribution in [2.45, 2.75) is 19.3 Å². The maximum Gasteiger partial charge on any atom is 0.0468 e. The van der Waals surface area contributed by atoms with Crippen LogP contribution in [0, 0.1) is 0 Å². The first-order chi connectivity index (χ1) is 6.33. The minimum Gasteiger partial charge on any atom is -0.396 e. The lowest BCUT2D eigenvalue weighted by atomic mass is 10.0. The zero-order chi connectivity index (χ0) is 9.52. The highest BCUT2D eigenvalue weighted by molar-refractivity contribution is 5.16. The molecule has 0 fully saturated rings. The molecule has 1 heteroatoms. The van der Waals surface area contributed by atoms with Crippen LogP contribution < -0.4 is 0 Å². The molecule has 1 nitrogen and oxygen atoms in total. The second kappa shape index (κ2) is 5.55. The van der Waals surface area contributed by atoms with Crippen molar-refractivity contribution in [2.24, 2.45) is 0 Å². The summed E-state index contributed by atoms with van der Waals surface area (Å²) in [6.07, 6.45) is 2.73. The Morgan fingerprint density at radius 3 is 2.46 bits per heavy atom. The highest BCUT2D eigenvalue weighted by Crippen LogP contribution is 2.09. The molecule has 0 amide bonds. The Kier molecular flexibility index (Phi) is 4.27. The first kappa shape index (κ1) is 10.0. The van der Waals surface area contributed by atoms with Gasteiger partial charge in [0.2, 0.25) is 0 Å². The molecule has 1 N–H and O–H groups in total. The van der Waals surface area contributed by atoms with Crippen LogP contribution in [0.3, 0.4) is 0 Å². The van der Waals surface area contributed by atoms with Crippen LogP contribution in [0.25, 0.3) is 0 Å². The van der Waals surface area contributed by atoms with Gasteiger partial charge < -0.3 is 5.11 Å². The van der Waals surface area contributed by atoms with E-state index in [-0.39, 0.29) is 6.61 Å². The van der Waals surface area contributed by atoms with Gasteiger partial charge in [0.25, 0.3) is 0 Å². The second-order valence-corrected chi connectivity index (χ2v) is 3.21. The summed E-state index contributed by atoms with van der Waals surface area (Å²) >= 11 is 0. The minimum atomic E-state index is 0.216. The number of aliphatic hydroxyl groups is 1. The standard InChI is InChI=1S/C12H16O/c1-11(9-10-13)7-8-12-5-3-2-4-6-12/h2-6,13H,1,7-10H2. The van der Waals surface area contributed by atoms with Crippen LogP contribution >= 0.6 is 0 Å². The molecule has 0 aliphatic rings. The molecule has 0 saturated carbocycles. The maximum atomic E-state index is 8.67. The third kappa shape index (κ3) is 3.90. The van der Waals surface area contributed by atoms with Crippen molar-refractivity contribution in [3.8, 4) is 0 Å². The molecule has 0 aromatic heterocycles. The fourth-order valence-electron chi connectivity index (χ4n) is 1.25. The Hall–Kier alpha value is -1.08. The Morgan fingerprint density at radius 1 is 1.15 bits per heavy atom. The van der Waals surface area contributed by atoms with Gasteiger partial charge in [-0.25, -0.2) is 0 Å². The van der Waals surface area contributed by atoms with Crippen LogP contribution in [-0.2, 0) is 6.42 Å². The zero-order valence-corrected chi connectivity index (χ0v) is 7.87. The number of rotatable bonds is 5. The van der Waals surface area contributed by atoms with Crippen molar-refractivity contribution in [3.63, 3.8) is 0 Å². The van der Waals surface area contributed by atoms with Crippen molar-refractivity contribution >= 4 is 0 Å². The van der Waals surface area contributed by atoms with Gasteiger partial charge in [0.15, 0.2) is 0 Å². The Balaban J connectivity index is 2.31. The van der Waals surface area contributed by atoms with Crippen molar-refractivity contribution in [1.82, 2.24) is 0 Å². The van der Waals surface area contributed by atoms with Crippen LogP contribution in [0.2, 0.25) is 0 Å². The molecule has 1 aromatic rings. The molecule has 0 aliphatic heterocycles. The first-order valence-corrected chi connectivity index (χ1v) is 4.64. The highest BCUT2D eigenvalue weighted by Gasteiger charge is 1.95. The Labute approximate surface area is 79.7 Å². The highest BCUT2D eigenvalue weighted by atomic mass is 16.2. The van der Waals surface area contributed by atoms with E-state index in [1.807, 2.05) is 18.2 Å². The van der Waals surface area contributed by atoms with E-state index in [2.05, 4.69) is 18.7 Å². The third-order valence-corrected chi connectivity index (χ3v) is 2.08. The van der Waals surface area contributed by atoms with E-state index in [4.69, 9.17) is 5.11 Å². The molecule has 0 atom stereocenters. The van der Waals surface area contributed by atoms with Gasteiger partial charge in [0, 0.05) is 6.61 Å². The summed E-state index contributed by atoms with van der Waals surface area (Å²) in [5.74, 6) is 0. The van der Waals surface area contributed by atoms with Crippen LogP contribution in [0.1, 0.15) is 18.4 Å². The van der Waals surface area contributed by atoms with E-state index in [0.717, 1.165) is 24.8 Å². The SMILES string of the molecule is C=C(CCO)CCc1ccccc1. The summed E-state index contributed by atoms with van der Waals surface area (Å²) in [7, 11) is 0. The monoisotopic (exact) mass is 176 g/mol. The Morgan fingerprint density at radius 2 is 1.85 bits per heavy atom. The fraction of sp³-hybridized carbons (Fsp3) is 0.333. The van der Waals surface area contributed by atoms with Crippen molar-refractivity contribution in [2.75, 3.05) is 6.61 Å². The topological polar surface area (TPSA) is 20.2 Å². The van der Waals surface area contributed by atoms with Crippen LogP contribution in [0.5, 0.6) is 0 Å². The quantitative estimate of drug-likeness (QED) is 0.684. The summed E-state index contributed by atoms with van der Waals surface area (Å²) < 4.78 is 0. The predicted molar refractivity (Wildman–Crippen MR) is 55.6 cm³/mol. The van der Waals surface area contributed by atoms with Crippen molar-refractivity contribution in [1.29, 1.82) is 0 Å². The van der Waals surface area contributed by atoms with Gasteiger partial charge in [-0.3, -0.25) is 0 Å². The summed E-state index contributed by atoms with van der Waals surface area (Å²) in [6, 6.07) is 10.3. The van der Waals surface area contributed by atoms with E-state index < -0.39 is 0 Å². The van der Waals surface area contributed by atoms with Gasteiger partial charge >= 0.3 is 0 Å². The summed E-state index contributed by atoms with van der Waals surface area (Å²) in [5.41, 5.74) is 2.47. The fourth-order valence-corrected chi connectivity index (χ4v) is 1.25. The molecular weight excluding hydrogens is 160 g/mol. The van der Waals surface area contributed by atoms with Gasteiger partial charge in [-0.05, 0) is 24.8 Å². The van der Waals surface area contributed by atoms with E-state index >= 15 is 0 Å². The summed E-state index contributed by atoms with van der Waals surface area (Å²) in [6.45, 7) is 4.12. The molecule has 1 rings (SSSR count). The summed E-state index contributed by atoms with van der Waals surface area (Å²) in [4.78, 5) is 0. The molecule has 0 saturated heterocycles. The molecule has 0 bridgehead atoms. The number of hydrogen-bond acceptors (Lipinski definition) is 1. The number of benzene rings is 1. The normalized spacial score (nSPS) is 9.92. The lowest BCUT2D eigenvalue weighted by Crippen LogP contribution is -1.90. The maximum absolute atomic E-state index is 8.67. The molecule has 0 radical (unpaired) electrons. The molecule has 70 valence electrons. The van der Waals surface area contributed by atoms with Crippen LogP contribution in [-0.4, -0.2) is 11.7 Å². The van der Waals surface area contributed by atoms with Gasteiger partial charge in [-0.15, -0.1) is 0 Å². The van der Waals surface area contributed by atoms with Gasteiger partial charge in [-0.2, -0.15) is 0 Å². The first-order valence-electron chi connectivity index (χ1n) is 4.64. The molecular formula is C12H16O. The average Bonchev–Trinajstić information content (AvgIpc) is 2.17. The van der Waals surface area contributed by atoms with Gasteiger partial charge in [-0.1, -0.05) is 42.5 Å². The van der Waals surface area contributed by atoms with E-state index in [9.17, 15) is 0 Å². The van der Waals surface area contributed by atoms with Crippen LogP contribution in [0.4, 0.5) is 0 Å². The largest absolute Gasteiger partial charge is 0.396 e. The van der Waals surface area contributed by atoms with Crippen molar-refractivity contribution in [3.05, 3.63) is 48.0 Å². The molecule has 1 aromatic carbocycles. The second-order valence-electron chi connectivity index (χ2n) is 3.21.